The van der Waals surface area contributed by atoms with E-state index < -0.39 is 15.8 Å². The number of rotatable bonds is 9. The summed E-state index contributed by atoms with van der Waals surface area (Å²) in [7, 11) is -3.58. The molecule has 3 aromatic rings. The highest BCUT2D eigenvalue weighted by atomic mass is 32.2. The van der Waals surface area contributed by atoms with Crippen LogP contribution in [0.25, 0.3) is 0 Å². The van der Waals surface area contributed by atoms with Crippen molar-refractivity contribution in [1.29, 1.82) is 0 Å². The van der Waals surface area contributed by atoms with E-state index in [9.17, 15) is 17.6 Å². The molecule has 0 saturated carbocycles. The zero-order chi connectivity index (χ0) is 24.1. The van der Waals surface area contributed by atoms with Gasteiger partial charge in [0.05, 0.1) is 18.5 Å². The first-order valence-electron chi connectivity index (χ1n) is 10.4. The van der Waals surface area contributed by atoms with E-state index in [1.165, 1.54) is 28.6 Å². The summed E-state index contributed by atoms with van der Waals surface area (Å²) in [5, 5.41) is 2.77. The summed E-state index contributed by atoms with van der Waals surface area (Å²) in [5.41, 5.74) is 1.93. The standard InChI is InChI=1S/C24H23FN2O6S/c1-34(29,30)27(14-17-2-5-19(25)6-3-17)20-7-9-21(10-8-20)31-15-24(28)26-13-18-4-11-22-23(12-18)33-16-32-22/h2-12H,13-16H2,1H3,(H,26,28). The van der Waals surface area contributed by atoms with E-state index in [-0.39, 0.29) is 25.9 Å². The molecule has 1 heterocycles. The first kappa shape index (κ1) is 23.4. The van der Waals surface area contributed by atoms with Crippen LogP contribution in [0, 0.1) is 5.82 Å². The molecule has 3 aromatic carbocycles. The summed E-state index contributed by atoms with van der Waals surface area (Å²) in [6.07, 6.45) is 1.10. The Morgan fingerprint density at radius 2 is 1.68 bits per heavy atom. The molecule has 0 radical (unpaired) electrons. The highest BCUT2D eigenvalue weighted by Gasteiger charge is 2.18. The molecule has 34 heavy (non-hydrogen) atoms. The second kappa shape index (κ2) is 10.0. The van der Waals surface area contributed by atoms with Crippen LogP contribution in [-0.2, 0) is 27.9 Å². The summed E-state index contributed by atoms with van der Waals surface area (Å²) < 4.78 is 55.1. The summed E-state index contributed by atoms with van der Waals surface area (Å²) >= 11 is 0. The lowest BCUT2D eigenvalue weighted by Crippen LogP contribution is -2.29. The third-order valence-corrected chi connectivity index (χ3v) is 6.20. The number of nitrogens with zero attached hydrogens (tertiary/aromatic N) is 1. The van der Waals surface area contributed by atoms with Gasteiger partial charge >= 0.3 is 0 Å². The van der Waals surface area contributed by atoms with Gasteiger partial charge in [-0.2, -0.15) is 0 Å². The number of fused-ring (bicyclic) bond motifs is 1. The number of carbonyl (C=O) groups is 1. The lowest BCUT2D eigenvalue weighted by Gasteiger charge is -2.22. The number of hydrogen-bond donors (Lipinski definition) is 1. The molecule has 0 unspecified atom stereocenters. The quantitative estimate of drug-likeness (QED) is 0.499. The number of anilines is 1. The summed E-state index contributed by atoms with van der Waals surface area (Å²) in [5.74, 6) is 1.03. The van der Waals surface area contributed by atoms with E-state index >= 15 is 0 Å². The Kier molecular flexibility index (Phi) is 6.87. The van der Waals surface area contributed by atoms with Gasteiger partial charge in [-0.3, -0.25) is 9.10 Å². The van der Waals surface area contributed by atoms with E-state index in [2.05, 4.69) is 5.32 Å². The molecule has 8 nitrogen and oxygen atoms in total. The molecule has 0 spiro atoms. The summed E-state index contributed by atoms with van der Waals surface area (Å²) in [6, 6.07) is 17.4. The van der Waals surface area contributed by atoms with Crippen molar-refractivity contribution in [2.75, 3.05) is 24.0 Å². The molecule has 0 atom stereocenters. The molecule has 0 bridgehead atoms. The fourth-order valence-electron chi connectivity index (χ4n) is 3.32. The molecule has 0 aromatic heterocycles. The van der Waals surface area contributed by atoms with Crippen LogP contribution in [0.2, 0.25) is 0 Å². The Hall–Kier alpha value is -3.79. The average molecular weight is 487 g/mol. The van der Waals surface area contributed by atoms with Crippen LogP contribution in [0.3, 0.4) is 0 Å². The number of nitrogens with one attached hydrogen (secondary N) is 1. The van der Waals surface area contributed by atoms with Crippen LogP contribution in [-0.4, -0.2) is 34.0 Å². The number of amides is 1. The minimum atomic E-state index is -3.58. The Labute approximate surface area is 196 Å². The van der Waals surface area contributed by atoms with E-state index in [0.29, 0.717) is 35.0 Å². The normalized spacial score (nSPS) is 12.3. The van der Waals surface area contributed by atoms with Crippen LogP contribution in [0.4, 0.5) is 10.1 Å². The first-order chi connectivity index (χ1) is 16.3. The van der Waals surface area contributed by atoms with Crippen LogP contribution < -0.4 is 23.8 Å². The second-order valence-electron chi connectivity index (χ2n) is 7.64. The van der Waals surface area contributed by atoms with Crippen molar-refractivity contribution in [2.45, 2.75) is 13.1 Å². The maximum absolute atomic E-state index is 13.2. The Bertz CT molecular complexity index is 1260. The van der Waals surface area contributed by atoms with Gasteiger partial charge < -0.3 is 19.5 Å². The van der Waals surface area contributed by atoms with Gasteiger partial charge in [0.2, 0.25) is 16.8 Å². The zero-order valence-corrected chi connectivity index (χ0v) is 19.2. The van der Waals surface area contributed by atoms with Crippen molar-refractivity contribution < 1.29 is 31.8 Å². The first-order valence-corrected chi connectivity index (χ1v) is 12.2. The average Bonchev–Trinajstić information content (AvgIpc) is 3.29. The predicted octanol–water partition coefficient (Wildman–Crippen LogP) is 3.22. The smallest absolute Gasteiger partial charge is 0.258 e. The van der Waals surface area contributed by atoms with E-state index in [1.54, 1.807) is 30.3 Å². The van der Waals surface area contributed by atoms with Crippen molar-refractivity contribution in [3.05, 3.63) is 83.7 Å². The number of halogens is 1. The van der Waals surface area contributed by atoms with Crippen LogP contribution >= 0.6 is 0 Å². The summed E-state index contributed by atoms with van der Waals surface area (Å²) in [4.78, 5) is 12.2. The zero-order valence-electron chi connectivity index (χ0n) is 18.4. The van der Waals surface area contributed by atoms with Gasteiger partial charge in [0, 0.05) is 6.54 Å². The third-order valence-electron chi connectivity index (χ3n) is 5.06. The fourth-order valence-corrected chi connectivity index (χ4v) is 4.20. The van der Waals surface area contributed by atoms with E-state index in [1.807, 2.05) is 12.1 Å². The number of hydrogen-bond acceptors (Lipinski definition) is 6. The van der Waals surface area contributed by atoms with Gasteiger partial charge in [0.25, 0.3) is 5.91 Å². The monoisotopic (exact) mass is 486 g/mol. The van der Waals surface area contributed by atoms with Gasteiger partial charge in [-0.15, -0.1) is 0 Å². The van der Waals surface area contributed by atoms with Gasteiger partial charge in [-0.1, -0.05) is 18.2 Å². The molecular weight excluding hydrogens is 463 g/mol. The molecule has 178 valence electrons. The molecule has 10 heteroatoms. The Balaban J connectivity index is 1.32. The lowest BCUT2D eigenvalue weighted by atomic mass is 10.2. The van der Waals surface area contributed by atoms with Gasteiger partial charge in [-0.05, 0) is 59.7 Å². The molecule has 0 aliphatic carbocycles. The summed E-state index contributed by atoms with van der Waals surface area (Å²) in [6.45, 7) is 0.354. The number of sulfonamides is 1. The minimum absolute atomic E-state index is 0.0571. The van der Waals surface area contributed by atoms with Crippen molar-refractivity contribution in [3.8, 4) is 17.2 Å². The molecule has 0 fully saturated rings. The van der Waals surface area contributed by atoms with Crippen molar-refractivity contribution in [1.82, 2.24) is 5.32 Å². The molecule has 4 rings (SSSR count). The molecule has 1 N–H and O–H groups in total. The molecule has 1 aliphatic heterocycles. The maximum Gasteiger partial charge on any atom is 0.258 e. The van der Waals surface area contributed by atoms with Gasteiger partial charge in [0.1, 0.15) is 11.6 Å². The van der Waals surface area contributed by atoms with E-state index in [0.717, 1.165) is 11.8 Å². The van der Waals surface area contributed by atoms with Crippen LogP contribution in [0.15, 0.2) is 66.7 Å². The molecular formula is C24H23FN2O6S. The maximum atomic E-state index is 13.2. The van der Waals surface area contributed by atoms with Crippen molar-refractivity contribution in [3.63, 3.8) is 0 Å². The van der Waals surface area contributed by atoms with Crippen LogP contribution in [0.5, 0.6) is 17.2 Å². The predicted molar refractivity (Wildman–Crippen MR) is 124 cm³/mol. The Morgan fingerprint density at radius 1 is 1.00 bits per heavy atom. The highest BCUT2D eigenvalue weighted by Crippen LogP contribution is 2.32. The van der Waals surface area contributed by atoms with Crippen molar-refractivity contribution >= 4 is 21.6 Å². The lowest BCUT2D eigenvalue weighted by molar-refractivity contribution is -0.123. The Morgan fingerprint density at radius 3 is 2.38 bits per heavy atom. The number of benzene rings is 3. The van der Waals surface area contributed by atoms with Crippen molar-refractivity contribution in [2.24, 2.45) is 0 Å². The fraction of sp³-hybridized carbons (Fsp3) is 0.208. The highest BCUT2D eigenvalue weighted by molar-refractivity contribution is 7.92. The second-order valence-corrected chi connectivity index (χ2v) is 9.55. The van der Waals surface area contributed by atoms with E-state index in [4.69, 9.17) is 14.2 Å². The van der Waals surface area contributed by atoms with Crippen LogP contribution in [0.1, 0.15) is 11.1 Å². The largest absolute Gasteiger partial charge is 0.484 e. The topological polar surface area (TPSA) is 94.2 Å². The van der Waals surface area contributed by atoms with Gasteiger partial charge in [0.15, 0.2) is 18.1 Å². The minimum Gasteiger partial charge on any atom is -0.484 e. The molecule has 0 saturated heterocycles. The third kappa shape index (κ3) is 5.96. The number of carbonyl (C=O) groups excluding carboxylic acids is 1. The van der Waals surface area contributed by atoms with Gasteiger partial charge in [-0.25, -0.2) is 12.8 Å². The SMILES string of the molecule is CS(=O)(=O)N(Cc1ccc(F)cc1)c1ccc(OCC(=O)NCc2ccc3c(c2)OCO3)cc1. The molecule has 1 aliphatic rings. The number of ether oxygens (including phenoxy) is 3. The molecule has 1 amide bonds.